The van der Waals surface area contributed by atoms with Crippen molar-refractivity contribution in [3.05, 3.63) is 82.4 Å². The van der Waals surface area contributed by atoms with E-state index >= 15 is 0 Å². The van der Waals surface area contributed by atoms with Gasteiger partial charge in [0.25, 0.3) is 5.78 Å². The topological polar surface area (TPSA) is 79.7 Å². The van der Waals surface area contributed by atoms with Crippen molar-refractivity contribution in [3.63, 3.8) is 0 Å². The molecule has 1 N–H and O–H groups in total. The summed E-state index contributed by atoms with van der Waals surface area (Å²) < 4.78 is 5.67. The summed E-state index contributed by atoms with van der Waals surface area (Å²) >= 11 is 1.27. The maximum atomic E-state index is 13.1. The van der Waals surface area contributed by atoms with Gasteiger partial charge in [0.1, 0.15) is 11.5 Å². The Balaban J connectivity index is 1.83. The van der Waals surface area contributed by atoms with Crippen LogP contribution in [-0.2, 0) is 9.59 Å². The molecule has 33 heavy (non-hydrogen) atoms. The highest BCUT2D eigenvalue weighted by atomic mass is 32.1. The maximum absolute atomic E-state index is 13.1. The number of thiazole rings is 1. The van der Waals surface area contributed by atoms with Gasteiger partial charge in [-0.3, -0.25) is 14.5 Å². The highest BCUT2D eigenvalue weighted by Crippen LogP contribution is 2.43. The molecule has 1 aliphatic rings. The fourth-order valence-electron chi connectivity index (χ4n) is 3.86. The zero-order valence-corrected chi connectivity index (χ0v) is 19.8. The first-order valence-electron chi connectivity index (χ1n) is 10.9. The number of hydrogen-bond acceptors (Lipinski definition) is 6. The lowest BCUT2D eigenvalue weighted by Gasteiger charge is -2.23. The number of carbonyl (C=O) groups excluding carboxylic acids is 2. The van der Waals surface area contributed by atoms with Crippen LogP contribution in [0.1, 0.15) is 56.3 Å². The predicted molar refractivity (Wildman–Crippen MR) is 130 cm³/mol. The van der Waals surface area contributed by atoms with Crippen LogP contribution in [0, 0.1) is 0 Å². The van der Waals surface area contributed by atoms with E-state index in [1.54, 1.807) is 35.8 Å². The highest BCUT2D eigenvalue weighted by Gasteiger charge is 2.47. The van der Waals surface area contributed by atoms with Gasteiger partial charge >= 0.3 is 5.91 Å². The summed E-state index contributed by atoms with van der Waals surface area (Å²) in [7, 11) is 0. The quantitative estimate of drug-likeness (QED) is 0.290. The van der Waals surface area contributed by atoms with Crippen LogP contribution < -0.4 is 9.64 Å². The molecular weight excluding hydrogens is 436 g/mol. The first-order chi connectivity index (χ1) is 15.8. The van der Waals surface area contributed by atoms with Crippen molar-refractivity contribution in [1.82, 2.24) is 4.98 Å². The predicted octanol–water partition coefficient (Wildman–Crippen LogP) is 5.68. The number of carbonyl (C=O) groups is 2. The zero-order chi connectivity index (χ0) is 23.7. The van der Waals surface area contributed by atoms with Crippen LogP contribution >= 0.6 is 11.3 Å². The SMILES string of the molecule is CC(C)Oc1ccc(C(O)=C2C(=O)C(=O)N(c3nccs3)[C@@H]2c2ccc(C(C)C)cc2)cc1. The minimum absolute atomic E-state index is 0.0156. The third-order valence-electron chi connectivity index (χ3n) is 5.49. The van der Waals surface area contributed by atoms with Crippen LogP contribution in [0.2, 0.25) is 0 Å². The van der Waals surface area contributed by atoms with Crippen LogP contribution in [0.3, 0.4) is 0 Å². The van der Waals surface area contributed by atoms with Gasteiger partial charge in [0.05, 0.1) is 17.7 Å². The van der Waals surface area contributed by atoms with Crippen molar-refractivity contribution in [1.29, 1.82) is 0 Å². The number of hydrogen-bond donors (Lipinski definition) is 1. The summed E-state index contributed by atoms with van der Waals surface area (Å²) in [4.78, 5) is 31.8. The molecule has 1 amide bonds. The van der Waals surface area contributed by atoms with E-state index in [2.05, 4.69) is 18.8 Å². The fourth-order valence-corrected chi connectivity index (χ4v) is 4.53. The Bertz CT molecular complexity index is 1180. The molecule has 0 bridgehead atoms. The highest BCUT2D eigenvalue weighted by molar-refractivity contribution is 7.14. The van der Waals surface area contributed by atoms with E-state index in [0.717, 1.165) is 11.1 Å². The Morgan fingerprint density at radius 3 is 2.24 bits per heavy atom. The average molecular weight is 463 g/mol. The van der Waals surface area contributed by atoms with Gasteiger partial charge in [0.2, 0.25) is 0 Å². The molecule has 2 heterocycles. The number of amides is 1. The van der Waals surface area contributed by atoms with Crippen LogP contribution in [0.5, 0.6) is 5.75 Å². The third-order valence-corrected chi connectivity index (χ3v) is 6.26. The van der Waals surface area contributed by atoms with Gasteiger partial charge in [0, 0.05) is 17.1 Å². The molecule has 0 saturated carbocycles. The second-order valence-electron chi connectivity index (χ2n) is 8.50. The van der Waals surface area contributed by atoms with Gasteiger partial charge in [-0.1, -0.05) is 38.1 Å². The lowest BCUT2D eigenvalue weighted by molar-refractivity contribution is -0.132. The van der Waals surface area contributed by atoms with E-state index in [0.29, 0.717) is 22.4 Å². The number of anilines is 1. The van der Waals surface area contributed by atoms with E-state index in [1.165, 1.54) is 16.2 Å². The van der Waals surface area contributed by atoms with E-state index in [1.807, 2.05) is 38.1 Å². The number of nitrogens with zero attached hydrogens (tertiary/aromatic N) is 2. The van der Waals surface area contributed by atoms with Crippen molar-refractivity contribution in [2.24, 2.45) is 0 Å². The number of aliphatic hydroxyl groups excluding tert-OH is 1. The smallest absolute Gasteiger partial charge is 0.301 e. The van der Waals surface area contributed by atoms with E-state index in [9.17, 15) is 14.7 Å². The maximum Gasteiger partial charge on any atom is 0.301 e. The van der Waals surface area contributed by atoms with E-state index < -0.39 is 17.7 Å². The Kier molecular flexibility index (Phi) is 6.33. The molecule has 4 rings (SSSR count). The average Bonchev–Trinajstić information content (AvgIpc) is 3.40. The van der Waals surface area contributed by atoms with Crippen LogP contribution in [0.25, 0.3) is 5.76 Å². The molecule has 0 aliphatic carbocycles. The van der Waals surface area contributed by atoms with Gasteiger partial charge in [-0.25, -0.2) is 4.98 Å². The Labute approximate surface area is 197 Å². The number of aliphatic hydroxyl groups is 1. The van der Waals surface area contributed by atoms with E-state index in [-0.39, 0.29) is 17.4 Å². The fraction of sp³-hybridized carbons (Fsp3) is 0.269. The van der Waals surface area contributed by atoms with Crippen molar-refractivity contribution in [3.8, 4) is 5.75 Å². The van der Waals surface area contributed by atoms with Crippen molar-refractivity contribution in [2.75, 3.05) is 4.90 Å². The van der Waals surface area contributed by atoms with Crippen molar-refractivity contribution in [2.45, 2.75) is 45.8 Å². The second-order valence-corrected chi connectivity index (χ2v) is 9.37. The first kappa shape index (κ1) is 22.7. The number of aromatic nitrogens is 1. The minimum atomic E-state index is -0.774. The molecule has 1 atom stereocenters. The number of ether oxygens (including phenoxy) is 1. The molecule has 3 aromatic rings. The molecule has 0 radical (unpaired) electrons. The number of Topliss-reactive ketones (excluding diaryl/α,β-unsaturated/α-hetero) is 1. The first-order valence-corrected chi connectivity index (χ1v) is 11.7. The number of benzene rings is 2. The van der Waals surface area contributed by atoms with E-state index in [4.69, 9.17) is 4.74 Å². The molecule has 0 spiro atoms. The monoisotopic (exact) mass is 462 g/mol. The third kappa shape index (κ3) is 4.41. The van der Waals surface area contributed by atoms with Crippen LogP contribution in [0.4, 0.5) is 5.13 Å². The standard InChI is InChI=1S/C26H26N2O4S/c1-15(2)17-5-7-18(8-6-17)22-21(24(30)25(31)28(22)26-27-13-14-33-26)23(29)19-9-11-20(12-10-19)32-16(3)4/h5-16,22,29H,1-4H3/t22-/m1/s1. The number of rotatable bonds is 6. The Morgan fingerprint density at radius 1 is 1.03 bits per heavy atom. The zero-order valence-electron chi connectivity index (χ0n) is 19.0. The largest absolute Gasteiger partial charge is 0.507 e. The van der Waals surface area contributed by atoms with Crippen molar-refractivity contribution >= 4 is 33.9 Å². The summed E-state index contributed by atoms with van der Waals surface area (Å²) in [5.74, 6) is -0.657. The summed E-state index contributed by atoms with van der Waals surface area (Å²) in [5.41, 5.74) is 2.36. The van der Waals surface area contributed by atoms with Crippen molar-refractivity contribution < 1.29 is 19.4 Å². The minimum Gasteiger partial charge on any atom is -0.507 e. The molecule has 0 unspecified atom stereocenters. The lowest BCUT2D eigenvalue weighted by atomic mass is 9.93. The van der Waals surface area contributed by atoms with Crippen LogP contribution in [0.15, 0.2) is 65.7 Å². The van der Waals surface area contributed by atoms with Gasteiger partial charge in [-0.2, -0.15) is 0 Å². The number of ketones is 1. The normalized spacial score (nSPS) is 17.9. The summed E-state index contributed by atoms with van der Waals surface area (Å²) in [5, 5.41) is 13.4. The molecule has 6 nitrogen and oxygen atoms in total. The molecular formula is C26H26N2O4S. The lowest BCUT2D eigenvalue weighted by Crippen LogP contribution is -2.29. The molecule has 170 valence electrons. The summed E-state index contributed by atoms with van der Waals surface area (Å²) in [6.45, 7) is 8.06. The Hall–Kier alpha value is -3.45. The molecule has 1 aliphatic heterocycles. The van der Waals surface area contributed by atoms with Gasteiger partial charge in [-0.05, 0) is 55.2 Å². The van der Waals surface area contributed by atoms with Crippen LogP contribution in [-0.4, -0.2) is 27.9 Å². The summed E-state index contributed by atoms with van der Waals surface area (Å²) in [6.07, 6.45) is 1.60. The molecule has 2 aromatic carbocycles. The Morgan fingerprint density at radius 2 is 1.70 bits per heavy atom. The molecule has 1 saturated heterocycles. The molecule has 7 heteroatoms. The molecule has 1 aromatic heterocycles. The second kappa shape index (κ2) is 9.19. The molecule has 1 fully saturated rings. The summed E-state index contributed by atoms with van der Waals surface area (Å²) in [6, 6.07) is 13.8. The van der Waals surface area contributed by atoms with Gasteiger partial charge < -0.3 is 9.84 Å². The van der Waals surface area contributed by atoms with Gasteiger partial charge in [0.15, 0.2) is 5.13 Å². The van der Waals surface area contributed by atoms with Gasteiger partial charge in [-0.15, -0.1) is 11.3 Å².